The summed E-state index contributed by atoms with van der Waals surface area (Å²) >= 11 is 0. The summed E-state index contributed by atoms with van der Waals surface area (Å²) in [6.07, 6.45) is -4.73. The van der Waals surface area contributed by atoms with Gasteiger partial charge in [-0.05, 0) is 18.9 Å². The molecule has 1 rings (SSSR count). The second-order valence-corrected chi connectivity index (χ2v) is 4.44. The molecule has 0 aliphatic carbocycles. The molecule has 1 atom stereocenters. The van der Waals surface area contributed by atoms with Gasteiger partial charge < -0.3 is 4.90 Å². The minimum absolute atomic E-state index is 0.124. The van der Waals surface area contributed by atoms with Gasteiger partial charge in [0.25, 0.3) is 0 Å². The minimum atomic E-state index is -4.92. The third kappa shape index (κ3) is 4.57. The Bertz CT molecular complexity index is 479. The Morgan fingerprint density at radius 3 is 2.45 bits per heavy atom. The van der Waals surface area contributed by atoms with Gasteiger partial charge in [0.15, 0.2) is 0 Å². The lowest BCUT2D eigenvalue weighted by Crippen LogP contribution is -2.47. The van der Waals surface area contributed by atoms with E-state index in [9.17, 15) is 18.0 Å². The Morgan fingerprint density at radius 2 is 1.95 bits per heavy atom. The van der Waals surface area contributed by atoms with Crippen LogP contribution in [0.4, 0.5) is 13.2 Å². The van der Waals surface area contributed by atoms with Gasteiger partial charge in [0.05, 0.1) is 12.5 Å². The fourth-order valence-electron chi connectivity index (χ4n) is 1.92. The number of carbonyl (C=O) groups excluding carboxylic acids is 1. The number of nitrogens with zero attached hydrogens (tertiary/aromatic N) is 2. The van der Waals surface area contributed by atoms with E-state index < -0.39 is 18.1 Å². The number of carbonyl (C=O) groups is 1. The summed E-state index contributed by atoms with van der Waals surface area (Å²) in [4.78, 5) is 12.1. The van der Waals surface area contributed by atoms with Gasteiger partial charge in [0.1, 0.15) is 0 Å². The Balaban J connectivity index is 2.82. The molecule has 20 heavy (non-hydrogen) atoms. The van der Waals surface area contributed by atoms with Crippen molar-refractivity contribution < 1.29 is 18.0 Å². The first kappa shape index (κ1) is 16.0. The SMILES string of the molecule is CC(Cc1ccccc1)N(CCC#N)C(=O)C(F)(F)F. The molecule has 0 aromatic heterocycles. The van der Waals surface area contributed by atoms with Gasteiger partial charge in [-0.15, -0.1) is 0 Å². The van der Waals surface area contributed by atoms with Crippen molar-refractivity contribution in [1.82, 2.24) is 4.90 Å². The molecule has 3 nitrogen and oxygen atoms in total. The summed E-state index contributed by atoms with van der Waals surface area (Å²) in [6.45, 7) is 1.33. The number of alkyl halides is 3. The molecular weight excluding hydrogens is 269 g/mol. The molecule has 0 N–H and O–H groups in total. The average Bonchev–Trinajstić information content (AvgIpc) is 2.39. The highest BCUT2D eigenvalue weighted by Crippen LogP contribution is 2.21. The van der Waals surface area contributed by atoms with E-state index in [1.54, 1.807) is 37.3 Å². The van der Waals surface area contributed by atoms with Crippen molar-refractivity contribution in [1.29, 1.82) is 5.26 Å². The fourth-order valence-corrected chi connectivity index (χ4v) is 1.92. The highest BCUT2D eigenvalue weighted by Gasteiger charge is 2.43. The molecule has 0 bridgehead atoms. The van der Waals surface area contributed by atoms with Crippen LogP contribution >= 0.6 is 0 Å². The molecule has 0 spiro atoms. The van der Waals surface area contributed by atoms with E-state index in [0.717, 1.165) is 10.5 Å². The summed E-state index contributed by atoms with van der Waals surface area (Å²) in [7, 11) is 0. The second-order valence-electron chi connectivity index (χ2n) is 4.44. The zero-order valence-electron chi connectivity index (χ0n) is 11.0. The van der Waals surface area contributed by atoms with Crippen molar-refractivity contribution in [3.63, 3.8) is 0 Å². The topological polar surface area (TPSA) is 44.1 Å². The number of hydrogen-bond donors (Lipinski definition) is 0. The Hall–Kier alpha value is -2.03. The molecule has 6 heteroatoms. The van der Waals surface area contributed by atoms with Gasteiger partial charge in [-0.2, -0.15) is 18.4 Å². The Labute approximate surface area is 115 Å². The molecule has 1 aromatic carbocycles. The molecule has 1 amide bonds. The maximum atomic E-state index is 12.6. The number of hydrogen-bond acceptors (Lipinski definition) is 2. The molecule has 1 aromatic rings. The quantitative estimate of drug-likeness (QED) is 0.834. The fraction of sp³-hybridized carbons (Fsp3) is 0.429. The number of amides is 1. The van der Waals surface area contributed by atoms with Crippen LogP contribution in [0.3, 0.4) is 0 Å². The van der Waals surface area contributed by atoms with Crippen LogP contribution in [-0.4, -0.2) is 29.6 Å². The molecule has 0 saturated carbocycles. The van der Waals surface area contributed by atoms with Crippen LogP contribution in [-0.2, 0) is 11.2 Å². The highest BCUT2D eigenvalue weighted by atomic mass is 19.4. The number of rotatable bonds is 5. The van der Waals surface area contributed by atoms with Gasteiger partial charge in [-0.3, -0.25) is 4.79 Å². The lowest BCUT2D eigenvalue weighted by atomic mass is 10.1. The predicted octanol–water partition coefficient (Wildman–Crippen LogP) is 2.92. The van der Waals surface area contributed by atoms with Crippen LogP contribution in [0, 0.1) is 11.3 Å². The first-order valence-electron chi connectivity index (χ1n) is 6.15. The average molecular weight is 284 g/mol. The molecule has 0 aliphatic rings. The standard InChI is InChI=1S/C14H15F3N2O/c1-11(10-12-6-3-2-4-7-12)19(9-5-8-18)13(20)14(15,16)17/h2-4,6-7,11H,5,9-10H2,1H3. The van der Waals surface area contributed by atoms with Crippen LogP contribution in [0.1, 0.15) is 18.9 Å². The van der Waals surface area contributed by atoms with Gasteiger partial charge in [-0.1, -0.05) is 30.3 Å². The molecule has 0 heterocycles. The number of benzene rings is 1. The number of halogens is 3. The molecule has 0 saturated heterocycles. The zero-order valence-corrected chi connectivity index (χ0v) is 11.0. The normalized spacial score (nSPS) is 12.6. The maximum Gasteiger partial charge on any atom is 0.471 e. The summed E-state index contributed by atoms with van der Waals surface area (Å²) in [5.41, 5.74) is 0.844. The van der Waals surface area contributed by atoms with E-state index in [0.29, 0.717) is 6.42 Å². The molecule has 0 radical (unpaired) electrons. The molecule has 1 unspecified atom stereocenters. The van der Waals surface area contributed by atoms with Crippen molar-refractivity contribution >= 4 is 5.91 Å². The minimum Gasteiger partial charge on any atom is -0.331 e. The van der Waals surface area contributed by atoms with Crippen LogP contribution in [0.25, 0.3) is 0 Å². The molecular formula is C14H15F3N2O. The number of nitriles is 1. The van der Waals surface area contributed by atoms with Crippen LogP contribution in [0.5, 0.6) is 0 Å². The first-order valence-corrected chi connectivity index (χ1v) is 6.15. The van der Waals surface area contributed by atoms with Gasteiger partial charge in [-0.25, -0.2) is 0 Å². The zero-order chi connectivity index (χ0) is 15.2. The Morgan fingerprint density at radius 1 is 1.35 bits per heavy atom. The van der Waals surface area contributed by atoms with Crippen molar-refractivity contribution in [2.45, 2.75) is 32.0 Å². The van der Waals surface area contributed by atoms with E-state index in [-0.39, 0.29) is 13.0 Å². The molecule has 0 fully saturated rings. The summed E-state index contributed by atoms with van der Waals surface area (Å²) in [6, 6.07) is 10.1. The van der Waals surface area contributed by atoms with E-state index >= 15 is 0 Å². The second kappa shape index (κ2) is 6.94. The van der Waals surface area contributed by atoms with Gasteiger partial charge in [0.2, 0.25) is 0 Å². The summed E-state index contributed by atoms with van der Waals surface area (Å²) in [5.74, 6) is -1.89. The summed E-state index contributed by atoms with van der Waals surface area (Å²) in [5, 5.41) is 8.50. The van der Waals surface area contributed by atoms with Gasteiger partial charge >= 0.3 is 12.1 Å². The van der Waals surface area contributed by atoms with Crippen LogP contribution < -0.4 is 0 Å². The maximum absolute atomic E-state index is 12.6. The molecule has 108 valence electrons. The van der Waals surface area contributed by atoms with E-state index in [4.69, 9.17) is 5.26 Å². The predicted molar refractivity (Wildman–Crippen MR) is 67.6 cm³/mol. The van der Waals surface area contributed by atoms with Gasteiger partial charge in [0, 0.05) is 12.6 Å². The third-order valence-corrected chi connectivity index (χ3v) is 2.87. The van der Waals surface area contributed by atoms with Crippen molar-refractivity contribution in [3.8, 4) is 6.07 Å². The van der Waals surface area contributed by atoms with E-state index in [1.165, 1.54) is 0 Å². The van der Waals surface area contributed by atoms with Crippen LogP contribution in [0.2, 0.25) is 0 Å². The van der Waals surface area contributed by atoms with E-state index in [2.05, 4.69) is 0 Å². The highest BCUT2D eigenvalue weighted by molar-refractivity contribution is 5.82. The first-order chi connectivity index (χ1) is 9.36. The smallest absolute Gasteiger partial charge is 0.331 e. The van der Waals surface area contributed by atoms with Crippen molar-refractivity contribution in [2.24, 2.45) is 0 Å². The largest absolute Gasteiger partial charge is 0.471 e. The van der Waals surface area contributed by atoms with Crippen molar-refractivity contribution in [3.05, 3.63) is 35.9 Å². The monoisotopic (exact) mass is 284 g/mol. The third-order valence-electron chi connectivity index (χ3n) is 2.87. The van der Waals surface area contributed by atoms with Crippen LogP contribution in [0.15, 0.2) is 30.3 Å². The van der Waals surface area contributed by atoms with E-state index in [1.807, 2.05) is 6.07 Å². The molecule has 0 aliphatic heterocycles. The Kier molecular flexibility index (Phi) is 5.56. The lowest BCUT2D eigenvalue weighted by molar-refractivity contribution is -0.187. The lowest BCUT2D eigenvalue weighted by Gasteiger charge is -2.29. The van der Waals surface area contributed by atoms with Crippen molar-refractivity contribution in [2.75, 3.05) is 6.54 Å². The summed E-state index contributed by atoms with van der Waals surface area (Å²) < 4.78 is 37.7.